The van der Waals surface area contributed by atoms with Crippen molar-refractivity contribution in [3.63, 3.8) is 0 Å². The third kappa shape index (κ3) is 2.85. The van der Waals surface area contributed by atoms with E-state index in [1.165, 1.54) is 0 Å². The minimum Gasteiger partial charge on any atom is -0.437 e. The van der Waals surface area contributed by atoms with E-state index in [9.17, 15) is 0 Å². The van der Waals surface area contributed by atoms with Crippen LogP contribution in [0.25, 0.3) is 0 Å². The summed E-state index contributed by atoms with van der Waals surface area (Å²) in [6.45, 7) is 1.92. The quantitative estimate of drug-likeness (QED) is 0.871. The zero-order valence-electron chi connectivity index (χ0n) is 9.57. The molecule has 0 saturated carbocycles. The molecular weight excluding hydrogens is 329 g/mol. The number of hydrogen-bond acceptors (Lipinski definition) is 4. The van der Waals surface area contributed by atoms with E-state index in [-0.39, 0.29) is 0 Å². The molecule has 0 fully saturated rings. The summed E-state index contributed by atoms with van der Waals surface area (Å²) >= 11 is 2.23. The zero-order valence-corrected chi connectivity index (χ0v) is 11.7. The first-order valence-corrected chi connectivity index (χ1v) is 6.22. The maximum Gasteiger partial charge on any atom is 0.227 e. The summed E-state index contributed by atoms with van der Waals surface area (Å²) in [5, 5.41) is 2.89. The molecule has 0 spiro atoms. The summed E-state index contributed by atoms with van der Waals surface area (Å²) < 4.78 is 6.83. The molecular formula is C12H12IN3O. The van der Waals surface area contributed by atoms with Crippen molar-refractivity contribution in [1.29, 1.82) is 0 Å². The van der Waals surface area contributed by atoms with Crippen LogP contribution < -0.4 is 10.1 Å². The molecule has 0 aliphatic carbocycles. The summed E-state index contributed by atoms with van der Waals surface area (Å²) in [4.78, 5) is 8.40. The van der Waals surface area contributed by atoms with Gasteiger partial charge in [-0.2, -0.15) is 4.98 Å². The van der Waals surface area contributed by atoms with Gasteiger partial charge >= 0.3 is 0 Å². The number of anilines is 1. The van der Waals surface area contributed by atoms with E-state index in [4.69, 9.17) is 4.74 Å². The van der Waals surface area contributed by atoms with Gasteiger partial charge in [-0.1, -0.05) is 12.1 Å². The number of nitrogens with one attached hydrogen (secondary N) is 1. The monoisotopic (exact) mass is 341 g/mol. The second kappa shape index (κ2) is 5.31. The van der Waals surface area contributed by atoms with Gasteiger partial charge in [-0.25, -0.2) is 4.98 Å². The molecule has 1 aromatic carbocycles. The lowest BCUT2D eigenvalue weighted by atomic mass is 10.3. The van der Waals surface area contributed by atoms with Crippen LogP contribution in [0.1, 0.15) is 5.56 Å². The van der Waals surface area contributed by atoms with Gasteiger partial charge in [0.2, 0.25) is 11.8 Å². The minimum atomic E-state index is 0.552. The van der Waals surface area contributed by atoms with Crippen LogP contribution in [-0.4, -0.2) is 17.0 Å². The van der Waals surface area contributed by atoms with Crippen LogP contribution in [0.5, 0.6) is 11.6 Å². The molecule has 2 rings (SSSR count). The van der Waals surface area contributed by atoms with Crippen LogP contribution in [-0.2, 0) is 0 Å². The van der Waals surface area contributed by atoms with Gasteiger partial charge in [0.05, 0.1) is 3.57 Å². The Morgan fingerprint density at radius 2 is 2.06 bits per heavy atom. The predicted molar refractivity (Wildman–Crippen MR) is 75.5 cm³/mol. The van der Waals surface area contributed by atoms with Gasteiger partial charge in [0.25, 0.3) is 0 Å². The van der Waals surface area contributed by atoms with Crippen LogP contribution in [0.2, 0.25) is 0 Å². The highest BCUT2D eigenvalue weighted by atomic mass is 127. The van der Waals surface area contributed by atoms with Crippen molar-refractivity contribution in [3.05, 3.63) is 39.6 Å². The van der Waals surface area contributed by atoms with Crippen molar-refractivity contribution in [2.45, 2.75) is 6.92 Å². The summed E-state index contributed by atoms with van der Waals surface area (Å²) in [5.41, 5.74) is 0.906. The average Bonchev–Trinajstić information content (AvgIpc) is 2.35. The van der Waals surface area contributed by atoms with Gasteiger partial charge in [0.15, 0.2) is 0 Å². The molecule has 0 unspecified atom stereocenters. The van der Waals surface area contributed by atoms with Crippen LogP contribution in [0.3, 0.4) is 0 Å². The number of para-hydroxylation sites is 1. The number of benzene rings is 1. The molecule has 0 atom stereocenters. The van der Waals surface area contributed by atoms with Crippen molar-refractivity contribution >= 4 is 28.5 Å². The summed E-state index contributed by atoms with van der Waals surface area (Å²) in [7, 11) is 1.78. The Kier molecular flexibility index (Phi) is 3.78. The summed E-state index contributed by atoms with van der Waals surface area (Å²) in [5.74, 6) is 1.93. The van der Waals surface area contributed by atoms with E-state index < -0.39 is 0 Å². The number of hydrogen-bond donors (Lipinski definition) is 1. The number of halogens is 1. The van der Waals surface area contributed by atoms with Gasteiger partial charge < -0.3 is 10.1 Å². The second-order valence-electron chi connectivity index (χ2n) is 3.46. The molecule has 0 saturated heterocycles. The normalized spacial score (nSPS) is 10.1. The fourth-order valence-electron chi connectivity index (χ4n) is 1.28. The Labute approximate surface area is 114 Å². The van der Waals surface area contributed by atoms with Crippen molar-refractivity contribution in [1.82, 2.24) is 9.97 Å². The lowest BCUT2D eigenvalue weighted by Gasteiger charge is -2.09. The van der Waals surface area contributed by atoms with Crippen LogP contribution >= 0.6 is 22.6 Å². The Morgan fingerprint density at radius 1 is 1.29 bits per heavy atom. The van der Waals surface area contributed by atoms with Crippen LogP contribution in [0, 0.1) is 10.5 Å². The Morgan fingerprint density at radius 3 is 2.76 bits per heavy atom. The van der Waals surface area contributed by atoms with Gasteiger partial charge in [0.1, 0.15) is 5.75 Å². The highest BCUT2D eigenvalue weighted by Gasteiger charge is 2.07. The number of aromatic nitrogens is 2. The van der Waals surface area contributed by atoms with E-state index in [0.29, 0.717) is 11.8 Å². The van der Waals surface area contributed by atoms with Gasteiger partial charge in [0, 0.05) is 18.8 Å². The molecule has 5 heteroatoms. The molecule has 1 heterocycles. The Bertz CT molecular complexity index is 531. The molecule has 0 bridgehead atoms. The van der Waals surface area contributed by atoms with E-state index in [1.807, 2.05) is 31.2 Å². The first-order chi connectivity index (χ1) is 8.20. The average molecular weight is 341 g/mol. The van der Waals surface area contributed by atoms with Crippen molar-refractivity contribution in [2.75, 3.05) is 12.4 Å². The first-order valence-electron chi connectivity index (χ1n) is 5.14. The summed E-state index contributed by atoms with van der Waals surface area (Å²) in [6, 6.07) is 7.82. The molecule has 17 heavy (non-hydrogen) atoms. The smallest absolute Gasteiger partial charge is 0.227 e. The van der Waals surface area contributed by atoms with Crippen LogP contribution in [0.15, 0.2) is 30.5 Å². The van der Waals surface area contributed by atoms with Gasteiger partial charge in [-0.3, -0.25) is 0 Å². The zero-order chi connectivity index (χ0) is 12.3. The highest BCUT2D eigenvalue weighted by molar-refractivity contribution is 14.1. The van der Waals surface area contributed by atoms with E-state index in [0.717, 1.165) is 14.9 Å². The van der Waals surface area contributed by atoms with Crippen molar-refractivity contribution in [3.8, 4) is 11.6 Å². The maximum absolute atomic E-state index is 5.78. The fourth-order valence-corrected chi connectivity index (χ4v) is 1.78. The molecule has 4 nitrogen and oxygen atoms in total. The van der Waals surface area contributed by atoms with Crippen LogP contribution in [0.4, 0.5) is 5.95 Å². The molecule has 0 radical (unpaired) electrons. The summed E-state index contributed by atoms with van der Waals surface area (Å²) in [6.07, 6.45) is 1.74. The van der Waals surface area contributed by atoms with Crippen molar-refractivity contribution in [2.24, 2.45) is 0 Å². The Hall–Kier alpha value is -1.37. The molecule has 1 N–H and O–H groups in total. The number of rotatable bonds is 3. The molecule has 1 aromatic heterocycles. The second-order valence-corrected chi connectivity index (χ2v) is 4.63. The standard InChI is InChI=1S/C12H12IN3O/c1-8-7-15-12(14-2)16-11(8)17-10-6-4-3-5-9(10)13/h3-7H,1-2H3,(H,14,15,16). The fraction of sp³-hybridized carbons (Fsp3) is 0.167. The molecule has 2 aromatic rings. The first kappa shape index (κ1) is 12.1. The van der Waals surface area contributed by atoms with E-state index >= 15 is 0 Å². The lowest BCUT2D eigenvalue weighted by molar-refractivity contribution is 0.455. The molecule has 0 amide bonds. The SMILES string of the molecule is CNc1ncc(C)c(Oc2ccccc2I)n1. The third-order valence-electron chi connectivity index (χ3n) is 2.19. The van der Waals surface area contributed by atoms with Gasteiger partial charge in [-0.15, -0.1) is 0 Å². The largest absolute Gasteiger partial charge is 0.437 e. The van der Waals surface area contributed by atoms with E-state index in [1.54, 1.807) is 13.2 Å². The minimum absolute atomic E-state index is 0.552. The van der Waals surface area contributed by atoms with Crippen molar-refractivity contribution < 1.29 is 4.74 Å². The van der Waals surface area contributed by atoms with Gasteiger partial charge in [-0.05, 0) is 41.6 Å². The molecule has 0 aliphatic rings. The third-order valence-corrected chi connectivity index (χ3v) is 3.08. The number of aryl methyl sites for hydroxylation is 1. The topological polar surface area (TPSA) is 47.0 Å². The lowest BCUT2D eigenvalue weighted by Crippen LogP contribution is -2.00. The molecule has 88 valence electrons. The highest BCUT2D eigenvalue weighted by Crippen LogP contribution is 2.27. The number of ether oxygens (including phenoxy) is 1. The number of nitrogens with zero attached hydrogens (tertiary/aromatic N) is 2. The Balaban J connectivity index is 2.32. The molecule has 0 aliphatic heterocycles. The predicted octanol–water partition coefficient (Wildman–Crippen LogP) is 3.22. The maximum atomic E-state index is 5.78. The van der Waals surface area contributed by atoms with E-state index in [2.05, 4.69) is 37.9 Å².